The van der Waals surface area contributed by atoms with Crippen molar-refractivity contribution in [2.45, 2.75) is 37.8 Å². The number of carbonyl (C=O) groups is 1. The molecule has 0 aliphatic carbocycles. The van der Waals surface area contributed by atoms with Gasteiger partial charge in [0, 0.05) is 10.7 Å². The average molecular weight is 467 g/mol. The van der Waals surface area contributed by atoms with Crippen molar-refractivity contribution in [3.8, 4) is 0 Å². The van der Waals surface area contributed by atoms with Gasteiger partial charge in [0.05, 0.1) is 12.3 Å². The summed E-state index contributed by atoms with van der Waals surface area (Å²) in [4.78, 5) is 21.0. The molecule has 0 aliphatic heterocycles. The van der Waals surface area contributed by atoms with Crippen molar-refractivity contribution < 1.29 is 4.79 Å². The predicted molar refractivity (Wildman–Crippen MR) is 128 cm³/mol. The van der Waals surface area contributed by atoms with Crippen LogP contribution in [0.15, 0.2) is 59.9 Å². The second kappa shape index (κ2) is 10.6. The van der Waals surface area contributed by atoms with Crippen LogP contribution in [0.25, 0.3) is 11.2 Å². The van der Waals surface area contributed by atoms with Crippen molar-refractivity contribution in [3.63, 3.8) is 0 Å². The number of unbranched alkanes of at least 4 members (excludes halogenated alkanes) is 1. The topological polar surface area (TPSA) is 85.6 Å². The summed E-state index contributed by atoms with van der Waals surface area (Å²) in [7, 11) is 0. The van der Waals surface area contributed by atoms with E-state index < -0.39 is 0 Å². The zero-order valence-corrected chi connectivity index (χ0v) is 19.2. The van der Waals surface area contributed by atoms with Gasteiger partial charge in [-0.05, 0) is 48.2 Å². The second-order valence-corrected chi connectivity index (χ2v) is 8.76. The van der Waals surface area contributed by atoms with E-state index in [1.54, 1.807) is 4.68 Å². The molecule has 4 rings (SSSR count). The number of hydrogen-bond donors (Lipinski definition) is 1. The third-order valence-electron chi connectivity index (χ3n) is 4.91. The highest BCUT2D eigenvalue weighted by atomic mass is 35.5. The van der Waals surface area contributed by atoms with Gasteiger partial charge in [0.15, 0.2) is 11.2 Å². The summed E-state index contributed by atoms with van der Waals surface area (Å²) in [5, 5.41) is 12.7. The SMILES string of the molecule is CCCCc1ccc(NC(=O)CSc2ncnc3c2nnn3Cc2ccc(Cl)cc2)cc1. The molecular formula is C23H23ClN6OS. The predicted octanol–water partition coefficient (Wildman–Crippen LogP) is 5.00. The Hall–Kier alpha value is -2.97. The molecule has 32 heavy (non-hydrogen) atoms. The monoisotopic (exact) mass is 466 g/mol. The Balaban J connectivity index is 1.38. The minimum absolute atomic E-state index is 0.100. The smallest absolute Gasteiger partial charge is 0.234 e. The van der Waals surface area contributed by atoms with E-state index in [-0.39, 0.29) is 11.7 Å². The van der Waals surface area contributed by atoms with E-state index in [0.717, 1.165) is 17.7 Å². The van der Waals surface area contributed by atoms with Crippen molar-refractivity contribution in [3.05, 3.63) is 71.0 Å². The van der Waals surface area contributed by atoms with Gasteiger partial charge in [-0.3, -0.25) is 4.79 Å². The lowest BCUT2D eigenvalue weighted by Crippen LogP contribution is -2.14. The quantitative estimate of drug-likeness (QED) is 0.276. The first kappa shape index (κ1) is 22.2. The Morgan fingerprint density at radius 1 is 1.06 bits per heavy atom. The minimum Gasteiger partial charge on any atom is -0.325 e. The highest BCUT2D eigenvalue weighted by Gasteiger charge is 2.14. The van der Waals surface area contributed by atoms with Crippen LogP contribution in [0.5, 0.6) is 0 Å². The molecular weight excluding hydrogens is 444 g/mol. The number of benzene rings is 2. The Morgan fingerprint density at radius 2 is 1.81 bits per heavy atom. The number of anilines is 1. The van der Waals surface area contributed by atoms with Crippen molar-refractivity contribution >= 4 is 46.1 Å². The van der Waals surface area contributed by atoms with E-state index in [1.807, 2.05) is 36.4 Å². The van der Waals surface area contributed by atoms with Gasteiger partial charge < -0.3 is 5.32 Å². The third kappa shape index (κ3) is 5.63. The van der Waals surface area contributed by atoms with Crippen LogP contribution < -0.4 is 5.32 Å². The van der Waals surface area contributed by atoms with E-state index in [4.69, 9.17) is 11.6 Å². The Labute approximate surface area is 195 Å². The van der Waals surface area contributed by atoms with E-state index in [2.05, 4.69) is 44.7 Å². The summed E-state index contributed by atoms with van der Waals surface area (Å²) in [6.07, 6.45) is 4.86. The van der Waals surface area contributed by atoms with Gasteiger partial charge in [-0.1, -0.05) is 66.2 Å². The van der Waals surface area contributed by atoms with Crippen molar-refractivity contribution in [1.29, 1.82) is 0 Å². The maximum Gasteiger partial charge on any atom is 0.234 e. The van der Waals surface area contributed by atoms with Crippen LogP contribution in [0.2, 0.25) is 5.02 Å². The summed E-state index contributed by atoms with van der Waals surface area (Å²) in [5.41, 5.74) is 4.32. The fourth-order valence-electron chi connectivity index (χ4n) is 3.21. The van der Waals surface area contributed by atoms with Crippen LogP contribution in [0, 0.1) is 0 Å². The molecule has 0 saturated heterocycles. The molecule has 4 aromatic rings. The average Bonchev–Trinajstić information content (AvgIpc) is 3.22. The minimum atomic E-state index is -0.100. The Kier molecular flexibility index (Phi) is 7.34. The molecule has 0 spiro atoms. The number of thioether (sulfide) groups is 1. The molecule has 1 N–H and O–H groups in total. The molecule has 0 atom stereocenters. The summed E-state index contributed by atoms with van der Waals surface area (Å²) >= 11 is 7.27. The molecule has 0 aliphatic rings. The van der Waals surface area contributed by atoms with Gasteiger partial charge in [0.25, 0.3) is 0 Å². The first-order valence-electron chi connectivity index (χ1n) is 10.4. The number of fused-ring (bicyclic) bond motifs is 1. The van der Waals surface area contributed by atoms with E-state index in [1.165, 1.54) is 36.5 Å². The Morgan fingerprint density at radius 3 is 2.56 bits per heavy atom. The van der Waals surface area contributed by atoms with Crippen LogP contribution in [0.3, 0.4) is 0 Å². The number of rotatable bonds is 9. The highest BCUT2D eigenvalue weighted by Crippen LogP contribution is 2.23. The largest absolute Gasteiger partial charge is 0.325 e. The fraction of sp³-hybridized carbons (Fsp3) is 0.261. The molecule has 0 bridgehead atoms. The lowest BCUT2D eigenvalue weighted by molar-refractivity contribution is -0.113. The van der Waals surface area contributed by atoms with Crippen LogP contribution in [0.1, 0.15) is 30.9 Å². The van der Waals surface area contributed by atoms with Crippen LogP contribution in [-0.4, -0.2) is 36.6 Å². The third-order valence-corrected chi connectivity index (χ3v) is 6.14. The van der Waals surface area contributed by atoms with Crippen LogP contribution >= 0.6 is 23.4 Å². The molecule has 164 valence electrons. The number of aryl methyl sites for hydroxylation is 1. The maximum atomic E-state index is 12.4. The molecule has 1 amide bonds. The first-order chi connectivity index (χ1) is 15.6. The zero-order chi connectivity index (χ0) is 22.3. The summed E-state index contributed by atoms with van der Waals surface area (Å²) < 4.78 is 1.71. The lowest BCUT2D eigenvalue weighted by atomic mass is 10.1. The van der Waals surface area contributed by atoms with Crippen molar-refractivity contribution in [1.82, 2.24) is 25.0 Å². The van der Waals surface area contributed by atoms with Gasteiger partial charge in [-0.2, -0.15) is 0 Å². The second-order valence-electron chi connectivity index (χ2n) is 7.36. The van der Waals surface area contributed by atoms with Crippen molar-refractivity contribution in [2.75, 3.05) is 11.1 Å². The molecule has 2 aromatic heterocycles. The molecule has 0 radical (unpaired) electrons. The highest BCUT2D eigenvalue weighted by molar-refractivity contribution is 8.00. The zero-order valence-electron chi connectivity index (χ0n) is 17.7. The molecule has 2 heterocycles. The van der Waals surface area contributed by atoms with E-state index in [0.29, 0.717) is 27.8 Å². The summed E-state index contributed by atoms with van der Waals surface area (Å²) in [5.74, 6) is 0.116. The summed E-state index contributed by atoms with van der Waals surface area (Å²) in [6, 6.07) is 15.6. The number of amides is 1. The molecule has 2 aromatic carbocycles. The molecule has 0 saturated carbocycles. The molecule has 9 heteroatoms. The number of aromatic nitrogens is 5. The maximum absolute atomic E-state index is 12.4. The lowest BCUT2D eigenvalue weighted by Gasteiger charge is -2.07. The van der Waals surface area contributed by atoms with Gasteiger partial charge in [0.2, 0.25) is 5.91 Å². The van der Waals surface area contributed by atoms with Crippen LogP contribution in [-0.2, 0) is 17.8 Å². The molecule has 7 nitrogen and oxygen atoms in total. The standard InChI is InChI=1S/C23H23ClN6OS/c1-2-3-4-16-7-11-19(12-8-16)27-20(31)14-32-23-21-22(25-15-26-23)30(29-28-21)13-17-5-9-18(24)10-6-17/h5-12,15H,2-4,13-14H2,1H3,(H,27,31). The van der Waals surface area contributed by atoms with E-state index >= 15 is 0 Å². The van der Waals surface area contributed by atoms with Gasteiger partial charge >= 0.3 is 0 Å². The number of nitrogens with zero attached hydrogens (tertiary/aromatic N) is 5. The van der Waals surface area contributed by atoms with Gasteiger partial charge in [-0.15, -0.1) is 5.10 Å². The normalized spacial score (nSPS) is 11.1. The molecule has 0 unspecified atom stereocenters. The van der Waals surface area contributed by atoms with Gasteiger partial charge in [0.1, 0.15) is 11.4 Å². The Bertz CT molecular complexity index is 1190. The fourth-order valence-corrected chi connectivity index (χ4v) is 4.07. The number of halogens is 1. The summed E-state index contributed by atoms with van der Waals surface area (Å²) in [6.45, 7) is 2.70. The van der Waals surface area contributed by atoms with Crippen LogP contribution in [0.4, 0.5) is 5.69 Å². The number of nitrogens with one attached hydrogen (secondary N) is 1. The van der Waals surface area contributed by atoms with Gasteiger partial charge in [-0.25, -0.2) is 14.6 Å². The molecule has 0 fully saturated rings. The number of hydrogen-bond acceptors (Lipinski definition) is 6. The van der Waals surface area contributed by atoms with E-state index in [9.17, 15) is 4.79 Å². The first-order valence-corrected chi connectivity index (χ1v) is 11.8. The van der Waals surface area contributed by atoms with Crippen molar-refractivity contribution in [2.24, 2.45) is 0 Å². The number of carbonyl (C=O) groups excluding carboxylic acids is 1.